The molecule has 1 aromatic carbocycles. The molecule has 0 amide bonds. The average molecular weight is 282 g/mol. The lowest BCUT2D eigenvalue weighted by molar-refractivity contribution is 0.0696. The number of anilines is 1. The maximum absolute atomic E-state index is 11.5. The lowest BCUT2D eigenvalue weighted by Gasteiger charge is -2.17. The highest BCUT2D eigenvalue weighted by Crippen LogP contribution is 2.27. The van der Waals surface area contributed by atoms with Gasteiger partial charge in [-0.1, -0.05) is 24.3 Å². The molecule has 2 N–H and O–H groups in total. The summed E-state index contributed by atoms with van der Waals surface area (Å²) in [4.78, 5) is 15.7. The second-order valence-electron chi connectivity index (χ2n) is 5.59. The van der Waals surface area contributed by atoms with E-state index < -0.39 is 5.97 Å². The third-order valence-corrected chi connectivity index (χ3v) is 3.95. The second kappa shape index (κ2) is 5.20. The summed E-state index contributed by atoms with van der Waals surface area (Å²) in [6.45, 7) is 3.62. The molecule has 0 bridgehead atoms. The number of rotatable bonds is 3. The molecule has 0 fully saturated rings. The van der Waals surface area contributed by atoms with Gasteiger partial charge in [-0.25, -0.2) is 4.79 Å². The molecule has 4 heteroatoms. The molecule has 108 valence electrons. The summed E-state index contributed by atoms with van der Waals surface area (Å²) in [6.07, 6.45) is 1.85. The molecule has 0 aliphatic heterocycles. The van der Waals surface area contributed by atoms with Gasteiger partial charge < -0.3 is 10.4 Å². The van der Waals surface area contributed by atoms with Gasteiger partial charge in [-0.3, -0.25) is 4.98 Å². The number of carboxylic acids is 1. The quantitative estimate of drug-likeness (QED) is 0.908. The standard InChI is InChI=1S/C17H18N2O2/c1-10-7-15(16(17(20)21)11(2)18-10)19-14-8-12-5-3-4-6-13(12)9-14/h3-7,14H,8-9H2,1-2H3,(H,18,19)(H,20,21). The van der Waals surface area contributed by atoms with Crippen molar-refractivity contribution in [2.75, 3.05) is 5.32 Å². The average Bonchev–Trinajstić information content (AvgIpc) is 2.79. The number of nitrogens with zero attached hydrogens (tertiary/aromatic N) is 1. The predicted octanol–water partition coefficient (Wildman–Crippen LogP) is 2.98. The molecule has 1 heterocycles. The molecule has 1 aliphatic carbocycles. The van der Waals surface area contributed by atoms with E-state index in [2.05, 4.69) is 22.4 Å². The van der Waals surface area contributed by atoms with Gasteiger partial charge in [0.1, 0.15) is 5.56 Å². The van der Waals surface area contributed by atoms with Crippen LogP contribution in [0.1, 0.15) is 32.9 Å². The molecule has 0 atom stereocenters. The number of aromatic carboxylic acids is 1. The van der Waals surface area contributed by atoms with Gasteiger partial charge in [0.25, 0.3) is 0 Å². The Kier molecular flexibility index (Phi) is 3.37. The number of benzene rings is 1. The van der Waals surface area contributed by atoms with Gasteiger partial charge in [0, 0.05) is 11.7 Å². The largest absolute Gasteiger partial charge is 0.478 e. The Morgan fingerprint density at radius 1 is 1.24 bits per heavy atom. The zero-order chi connectivity index (χ0) is 15.0. The minimum atomic E-state index is -0.932. The van der Waals surface area contributed by atoms with Crippen LogP contribution < -0.4 is 5.32 Å². The number of pyridine rings is 1. The monoisotopic (exact) mass is 282 g/mol. The van der Waals surface area contributed by atoms with Crippen LogP contribution in [0.4, 0.5) is 5.69 Å². The van der Waals surface area contributed by atoms with Crippen molar-refractivity contribution in [3.05, 3.63) is 58.4 Å². The van der Waals surface area contributed by atoms with Crippen molar-refractivity contribution in [3.8, 4) is 0 Å². The number of aryl methyl sites for hydroxylation is 2. The molecule has 0 radical (unpaired) electrons. The Morgan fingerprint density at radius 3 is 2.43 bits per heavy atom. The molecule has 2 aromatic rings. The molecular formula is C17H18N2O2. The van der Waals surface area contributed by atoms with Crippen LogP contribution in [-0.2, 0) is 12.8 Å². The first-order valence-corrected chi connectivity index (χ1v) is 7.09. The predicted molar refractivity (Wildman–Crippen MR) is 81.9 cm³/mol. The Morgan fingerprint density at radius 2 is 1.86 bits per heavy atom. The summed E-state index contributed by atoms with van der Waals surface area (Å²) in [5.74, 6) is -0.932. The molecule has 3 rings (SSSR count). The fourth-order valence-corrected chi connectivity index (χ4v) is 3.09. The summed E-state index contributed by atoms with van der Waals surface area (Å²) in [7, 11) is 0. The van der Waals surface area contributed by atoms with E-state index in [0.29, 0.717) is 11.4 Å². The van der Waals surface area contributed by atoms with E-state index >= 15 is 0 Å². The van der Waals surface area contributed by atoms with Gasteiger partial charge in [-0.2, -0.15) is 0 Å². The molecule has 1 aliphatic rings. The van der Waals surface area contributed by atoms with Gasteiger partial charge in [0.2, 0.25) is 0 Å². The summed E-state index contributed by atoms with van der Waals surface area (Å²) >= 11 is 0. The number of nitrogens with one attached hydrogen (secondary N) is 1. The topological polar surface area (TPSA) is 62.2 Å². The van der Waals surface area contributed by atoms with Crippen molar-refractivity contribution in [2.45, 2.75) is 32.7 Å². The maximum atomic E-state index is 11.5. The van der Waals surface area contributed by atoms with Gasteiger partial charge in [-0.05, 0) is 43.9 Å². The minimum absolute atomic E-state index is 0.238. The van der Waals surface area contributed by atoms with E-state index in [1.807, 2.05) is 25.1 Å². The van der Waals surface area contributed by atoms with E-state index in [4.69, 9.17) is 0 Å². The molecular weight excluding hydrogens is 264 g/mol. The minimum Gasteiger partial charge on any atom is -0.478 e. The van der Waals surface area contributed by atoms with Crippen LogP contribution in [0.2, 0.25) is 0 Å². The third kappa shape index (κ3) is 2.61. The van der Waals surface area contributed by atoms with E-state index in [-0.39, 0.29) is 11.6 Å². The number of fused-ring (bicyclic) bond motifs is 1. The Balaban J connectivity index is 1.88. The van der Waals surface area contributed by atoms with E-state index in [9.17, 15) is 9.90 Å². The Labute approximate surface area is 123 Å². The highest BCUT2D eigenvalue weighted by molar-refractivity contribution is 5.95. The first kappa shape index (κ1) is 13.6. The normalized spacial score (nSPS) is 14.0. The van der Waals surface area contributed by atoms with Crippen molar-refractivity contribution in [2.24, 2.45) is 0 Å². The van der Waals surface area contributed by atoms with Gasteiger partial charge in [-0.15, -0.1) is 0 Å². The van der Waals surface area contributed by atoms with E-state index in [1.165, 1.54) is 11.1 Å². The first-order valence-electron chi connectivity index (χ1n) is 7.09. The molecule has 0 saturated heterocycles. The van der Waals surface area contributed by atoms with E-state index in [1.54, 1.807) is 6.92 Å². The van der Waals surface area contributed by atoms with Crippen molar-refractivity contribution in [1.29, 1.82) is 0 Å². The number of aromatic nitrogens is 1. The van der Waals surface area contributed by atoms with Crippen LogP contribution in [0.25, 0.3) is 0 Å². The summed E-state index contributed by atoms with van der Waals surface area (Å²) < 4.78 is 0. The van der Waals surface area contributed by atoms with Crippen molar-refractivity contribution in [3.63, 3.8) is 0 Å². The zero-order valence-electron chi connectivity index (χ0n) is 12.2. The van der Waals surface area contributed by atoms with Crippen LogP contribution in [0.3, 0.4) is 0 Å². The molecule has 0 saturated carbocycles. The lowest BCUT2D eigenvalue weighted by Crippen LogP contribution is -2.22. The fourth-order valence-electron chi connectivity index (χ4n) is 3.09. The molecule has 21 heavy (non-hydrogen) atoms. The Bertz CT molecular complexity index is 685. The van der Waals surface area contributed by atoms with Crippen LogP contribution in [0.5, 0.6) is 0 Å². The van der Waals surface area contributed by atoms with Gasteiger partial charge >= 0.3 is 5.97 Å². The molecule has 0 spiro atoms. The number of carbonyl (C=O) groups is 1. The molecule has 0 unspecified atom stereocenters. The highest BCUT2D eigenvalue weighted by atomic mass is 16.4. The summed E-state index contributed by atoms with van der Waals surface area (Å²) in [6, 6.07) is 10.4. The Hall–Kier alpha value is -2.36. The summed E-state index contributed by atoms with van der Waals surface area (Å²) in [5.41, 5.74) is 5.02. The van der Waals surface area contributed by atoms with Gasteiger partial charge in [0.05, 0.1) is 11.4 Å². The zero-order valence-corrected chi connectivity index (χ0v) is 12.2. The van der Waals surface area contributed by atoms with E-state index in [0.717, 1.165) is 18.5 Å². The van der Waals surface area contributed by atoms with Crippen LogP contribution in [-0.4, -0.2) is 22.1 Å². The number of hydrogen-bond donors (Lipinski definition) is 2. The first-order chi connectivity index (χ1) is 10.0. The molecule has 4 nitrogen and oxygen atoms in total. The highest BCUT2D eigenvalue weighted by Gasteiger charge is 2.23. The molecule has 1 aromatic heterocycles. The number of carboxylic acid groups (broad SMARTS) is 1. The maximum Gasteiger partial charge on any atom is 0.339 e. The van der Waals surface area contributed by atoms with Crippen molar-refractivity contribution < 1.29 is 9.90 Å². The fraction of sp³-hybridized carbons (Fsp3) is 0.294. The van der Waals surface area contributed by atoms with Crippen molar-refractivity contribution in [1.82, 2.24) is 4.98 Å². The lowest BCUT2D eigenvalue weighted by atomic mass is 10.1. The third-order valence-electron chi connectivity index (χ3n) is 3.95. The van der Waals surface area contributed by atoms with Crippen LogP contribution in [0, 0.1) is 13.8 Å². The number of hydrogen-bond acceptors (Lipinski definition) is 3. The second-order valence-corrected chi connectivity index (χ2v) is 5.59. The van der Waals surface area contributed by atoms with Crippen LogP contribution >= 0.6 is 0 Å². The SMILES string of the molecule is Cc1cc(NC2Cc3ccccc3C2)c(C(=O)O)c(C)n1. The van der Waals surface area contributed by atoms with Gasteiger partial charge in [0.15, 0.2) is 0 Å². The smallest absolute Gasteiger partial charge is 0.339 e. The van der Waals surface area contributed by atoms with Crippen molar-refractivity contribution >= 4 is 11.7 Å². The van der Waals surface area contributed by atoms with Crippen LogP contribution in [0.15, 0.2) is 30.3 Å². The summed E-state index contributed by atoms with van der Waals surface area (Å²) in [5, 5.41) is 12.8.